The number of allylic oxidation sites excluding steroid dienone is 1. The van der Waals surface area contributed by atoms with Crippen LogP contribution in [-0.2, 0) is 19.1 Å². The number of carbonyl (C=O) groups is 1. The molecule has 1 saturated carbocycles. The van der Waals surface area contributed by atoms with E-state index in [1.54, 1.807) is 35.3 Å². The third kappa shape index (κ3) is 11.7. The van der Waals surface area contributed by atoms with Crippen molar-refractivity contribution in [1.29, 1.82) is 0 Å². The molecule has 0 saturated heterocycles. The number of nitrogens with zero attached hydrogens (tertiary/aromatic N) is 3. The van der Waals surface area contributed by atoms with Crippen LogP contribution in [0.25, 0.3) is 6.08 Å². The number of nitro groups is 1. The van der Waals surface area contributed by atoms with Crippen LogP contribution in [0, 0.1) is 27.9 Å². The zero-order chi connectivity index (χ0) is 44.0. The molecule has 3 aliphatic rings. The van der Waals surface area contributed by atoms with Gasteiger partial charge in [-0.05, 0) is 106 Å². The van der Waals surface area contributed by atoms with Gasteiger partial charge in [0.1, 0.15) is 29.7 Å². The molecule has 6 atom stereocenters. The van der Waals surface area contributed by atoms with Gasteiger partial charge in [0.25, 0.3) is 5.69 Å². The summed E-state index contributed by atoms with van der Waals surface area (Å²) in [5.74, 6) is -1.37. The second-order valence-corrected chi connectivity index (χ2v) is 16.6. The number of carbonyl (C=O) groups excluding carboxylic acids is 1. The summed E-state index contributed by atoms with van der Waals surface area (Å²) in [4.78, 5) is 33.5. The quantitative estimate of drug-likeness (QED) is 0.0321. The van der Waals surface area contributed by atoms with E-state index in [0.717, 1.165) is 36.8 Å². The Labute approximate surface area is 359 Å². The first-order valence-corrected chi connectivity index (χ1v) is 21.3. The highest BCUT2D eigenvalue weighted by Gasteiger charge is 2.65. The maximum Gasteiger partial charge on any atom is 0.269 e. The lowest BCUT2D eigenvalue weighted by Gasteiger charge is -2.60. The number of nitro benzene ring substituents is 1. The van der Waals surface area contributed by atoms with Gasteiger partial charge < -0.3 is 44.0 Å². The van der Waals surface area contributed by atoms with E-state index in [2.05, 4.69) is 19.2 Å². The van der Waals surface area contributed by atoms with Gasteiger partial charge in [0.2, 0.25) is 11.7 Å². The number of oxime groups is 1. The summed E-state index contributed by atoms with van der Waals surface area (Å²) in [7, 11) is 0. The number of unbranched alkanes of at least 4 members (excludes halogenated alkanes) is 2. The molecule has 0 bridgehead atoms. The summed E-state index contributed by atoms with van der Waals surface area (Å²) < 4.78 is 26.2. The molecule has 2 aliphatic carbocycles. The Morgan fingerprint density at radius 1 is 1.00 bits per heavy atom. The lowest BCUT2D eigenvalue weighted by molar-refractivity contribution is -0.384. The molecular formula is C47H63N3O11. The molecular weight excluding hydrogens is 783 g/mol. The van der Waals surface area contributed by atoms with Gasteiger partial charge in [0.05, 0.1) is 43.0 Å². The van der Waals surface area contributed by atoms with Crippen molar-refractivity contribution >= 4 is 23.4 Å². The van der Waals surface area contributed by atoms with Crippen molar-refractivity contribution in [2.45, 2.75) is 89.1 Å². The fourth-order valence-electron chi connectivity index (χ4n) is 8.80. The number of aliphatic hydroxyl groups excluding tert-OH is 3. The van der Waals surface area contributed by atoms with Crippen LogP contribution in [0.15, 0.2) is 90.7 Å². The summed E-state index contributed by atoms with van der Waals surface area (Å²) in [6.07, 6.45) is 13.3. The number of amides is 1. The largest absolute Gasteiger partial charge is 0.490 e. The molecule has 5 rings (SSSR count). The van der Waals surface area contributed by atoms with Gasteiger partial charge in [-0.3, -0.25) is 14.9 Å². The number of non-ortho nitro benzene ring substituents is 1. The van der Waals surface area contributed by atoms with E-state index in [1.807, 2.05) is 39.0 Å². The van der Waals surface area contributed by atoms with Crippen LogP contribution in [0.3, 0.4) is 0 Å². The second kappa shape index (κ2) is 22.3. The molecule has 1 aliphatic heterocycles. The maximum atomic E-state index is 14.8. The van der Waals surface area contributed by atoms with E-state index in [9.17, 15) is 30.2 Å². The zero-order valence-corrected chi connectivity index (χ0v) is 35.8. The smallest absolute Gasteiger partial charge is 0.269 e. The van der Waals surface area contributed by atoms with Crippen LogP contribution >= 0.6 is 0 Å². The lowest BCUT2D eigenvalue weighted by Crippen LogP contribution is -2.70. The van der Waals surface area contributed by atoms with E-state index in [1.165, 1.54) is 18.2 Å². The highest BCUT2D eigenvalue weighted by Crippen LogP contribution is 2.62. The molecule has 61 heavy (non-hydrogen) atoms. The maximum absolute atomic E-state index is 14.8. The minimum absolute atomic E-state index is 0.0191. The van der Waals surface area contributed by atoms with E-state index < -0.39 is 34.2 Å². The molecule has 0 radical (unpaired) electrons. The molecule has 3 N–H and O–H groups in total. The molecule has 1 amide bonds. The Kier molecular flexibility index (Phi) is 17.2. The zero-order valence-electron chi connectivity index (χ0n) is 35.8. The van der Waals surface area contributed by atoms with Gasteiger partial charge in [0, 0.05) is 55.9 Å². The van der Waals surface area contributed by atoms with Crippen LogP contribution in [0.5, 0.6) is 11.5 Å². The van der Waals surface area contributed by atoms with Gasteiger partial charge in [-0.15, -0.1) is 6.58 Å². The first kappa shape index (κ1) is 47.2. The van der Waals surface area contributed by atoms with Crippen LogP contribution in [-0.4, -0.2) is 107 Å². The van der Waals surface area contributed by atoms with Crippen molar-refractivity contribution in [1.82, 2.24) is 4.90 Å². The topological polar surface area (TPSA) is 183 Å². The van der Waals surface area contributed by atoms with E-state index in [4.69, 9.17) is 28.9 Å². The summed E-state index contributed by atoms with van der Waals surface area (Å²) in [5.41, 5.74) is 2.35. The fourth-order valence-corrected chi connectivity index (χ4v) is 8.80. The number of hydrogen-bond donors (Lipinski definition) is 3. The fraction of sp³-hybridized carbons (Fsp3) is 0.532. The number of fused-ring (bicyclic) bond motifs is 2. The van der Waals surface area contributed by atoms with Crippen LogP contribution < -0.4 is 9.47 Å². The lowest BCUT2D eigenvalue weighted by atomic mass is 9.55. The van der Waals surface area contributed by atoms with Crippen molar-refractivity contribution in [2.24, 2.45) is 22.9 Å². The predicted octanol–water partition coefficient (Wildman–Crippen LogP) is 7.14. The summed E-state index contributed by atoms with van der Waals surface area (Å²) in [5, 5.41) is 45.5. The normalized spacial score (nSPS) is 23.7. The Morgan fingerprint density at radius 2 is 1.72 bits per heavy atom. The van der Waals surface area contributed by atoms with Gasteiger partial charge >= 0.3 is 0 Å². The van der Waals surface area contributed by atoms with E-state index in [0.29, 0.717) is 42.2 Å². The number of rotatable bonds is 24. The van der Waals surface area contributed by atoms with Crippen molar-refractivity contribution in [2.75, 3.05) is 52.8 Å². The van der Waals surface area contributed by atoms with Crippen LogP contribution in [0.4, 0.5) is 5.69 Å². The van der Waals surface area contributed by atoms with Gasteiger partial charge in [-0.1, -0.05) is 42.8 Å². The molecule has 0 spiro atoms. The molecule has 0 unspecified atom stereocenters. The molecule has 2 aromatic carbocycles. The molecule has 1 heterocycles. The average Bonchev–Trinajstić information content (AvgIpc) is 3.24. The Morgan fingerprint density at radius 3 is 2.38 bits per heavy atom. The Balaban J connectivity index is 1.77. The molecule has 14 heteroatoms. The minimum Gasteiger partial charge on any atom is -0.490 e. The Hall–Kier alpha value is -4.86. The van der Waals surface area contributed by atoms with Crippen LogP contribution in [0.1, 0.15) is 82.8 Å². The monoisotopic (exact) mass is 845 g/mol. The number of hydrogen-bond acceptors (Lipinski definition) is 12. The summed E-state index contributed by atoms with van der Waals surface area (Å²) in [6, 6.07) is 10.9. The van der Waals surface area contributed by atoms with Crippen molar-refractivity contribution in [3.05, 3.63) is 107 Å². The van der Waals surface area contributed by atoms with E-state index >= 15 is 0 Å². The standard InChI is InChI=1S/C47H63N3O11/c1-6-26-58-36-19-20-41-39(31-36)44-37(13-9-11-24-52)34(12-8-10-23-51)30-38-40(48-61-46(3,4)5)32-42(47(60-41,45(38)44)59-27-7-2)49(22-28-57-29-25-53)43(54)21-16-33-14-17-35(18-15-33)50(55)56/h6-7,14-21,30-31,34,37,42,44-45,51-53H,1-2,8-13,22-29,32H2,3-5H3/t34-,37+,42-,44+,45+,47+/m0/s1. The van der Waals surface area contributed by atoms with E-state index in [-0.39, 0.29) is 76.0 Å². The number of ether oxygens (including phenoxy) is 4. The van der Waals surface area contributed by atoms with Gasteiger partial charge in [-0.25, -0.2) is 0 Å². The average molecular weight is 846 g/mol. The number of benzene rings is 2. The highest BCUT2D eigenvalue weighted by atomic mass is 16.7. The first-order chi connectivity index (χ1) is 29.4. The molecule has 0 aromatic heterocycles. The SMILES string of the molecule is C=CCOc1ccc2c(c1)[C@H]1[C@H](CCCCO)[C@@H](CCCCO)C=C3C(=NOC(C)(C)C)C[C@H](N(CCOCCO)C(=O)C=Cc4ccc([N+](=O)[O-])cc4)[C@@](OCC=C)(O2)[C@H]31. The Bertz CT molecular complexity index is 1890. The molecule has 332 valence electrons. The van der Waals surface area contributed by atoms with Gasteiger partial charge in [0.15, 0.2) is 0 Å². The third-order valence-electron chi connectivity index (χ3n) is 11.3. The first-order valence-electron chi connectivity index (χ1n) is 21.3. The van der Waals surface area contributed by atoms with Gasteiger partial charge in [-0.2, -0.15) is 0 Å². The second-order valence-electron chi connectivity index (χ2n) is 16.6. The third-order valence-corrected chi connectivity index (χ3v) is 11.3. The summed E-state index contributed by atoms with van der Waals surface area (Å²) >= 11 is 0. The summed E-state index contributed by atoms with van der Waals surface area (Å²) in [6.45, 7) is 14.2. The number of aliphatic hydroxyl groups is 3. The molecule has 1 fully saturated rings. The van der Waals surface area contributed by atoms with Crippen molar-refractivity contribution < 1.29 is 48.8 Å². The minimum atomic E-state index is -1.50. The highest BCUT2D eigenvalue weighted by molar-refractivity contribution is 6.03. The van der Waals surface area contributed by atoms with Crippen molar-refractivity contribution in [3.8, 4) is 11.5 Å². The predicted molar refractivity (Wildman–Crippen MR) is 233 cm³/mol. The molecule has 14 nitrogen and oxygen atoms in total. The van der Waals surface area contributed by atoms with Crippen LogP contribution in [0.2, 0.25) is 0 Å². The molecule has 2 aromatic rings. The van der Waals surface area contributed by atoms with Crippen molar-refractivity contribution in [3.63, 3.8) is 0 Å².